The minimum absolute atomic E-state index is 0.109. The topological polar surface area (TPSA) is 101 Å². The standard InChI is InChI=1S/C31H26BrN7O/c1-19(22-11-14-25(32)15-12-22)33-31(40)24-13-16-29-28(17-24)20(2)36-39(29)18-21-7-9-23(10-8-21)26-5-3-4-6-27(26)30-34-37-38-35-30/h3-17,19H,18H2,1-2H3,(H,33,40)(H,34,35,37,38)/t19-/m0/s1. The SMILES string of the molecule is Cc1nn(Cc2ccc(-c3ccccc3-c3nnn[nH]3)cc2)c2ccc(C(=O)N[C@@H](C)c3ccc(Br)cc3)cc12. The van der Waals surface area contributed by atoms with Gasteiger partial charge < -0.3 is 5.32 Å². The molecule has 6 aromatic rings. The molecular formula is C31H26BrN7O. The number of amides is 1. The Morgan fingerprint density at radius 3 is 2.45 bits per heavy atom. The number of aromatic amines is 1. The van der Waals surface area contributed by atoms with Crippen LogP contribution in [0.4, 0.5) is 0 Å². The molecule has 40 heavy (non-hydrogen) atoms. The minimum atomic E-state index is -0.110. The average molecular weight is 593 g/mol. The Bertz CT molecular complexity index is 1790. The zero-order valence-corrected chi connectivity index (χ0v) is 23.6. The zero-order valence-electron chi connectivity index (χ0n) is 22.0. The fourth-order valence-electron chi connectivity index (χ4n) is 4.89. The van der Waals surface area contributed by atoms with Gasteiger partial charge in [-0.25, -0.2) is 5.10 Å². The number of H-pyrrole nitrogens is 1. The molecule has 0 saturated heterocycles. The summed E-state index contributed by atoms with van der Waals surface area (Å²) in [6.07, 6.45) is 0. The van der Waals surface area contributed by atoms with Crippen molar-refractivity contribution in [3.8, 4) is 22.5 Å². The number of hydrogen-bond acceptors (Lipinski definition) is 5. The lowest BCUT2D eigenvalue weighted by Gasteiger charge is -2.14. The summed E-state index contributed by atoms with van der Waals surface area (Å²) in [6, 6.07) is 30.1. The Labute approximate surface area is 239 Å². The number of rotatable bonds is 7. The van der Waals surface area contributed by atoms with E-state index in [2.05, 4.69) is 72.2 Å². The Morgan fingerprint density at radius 1 is 0.975 bits per heavy atom. The van der Waals surface area contributed by atoms with E-state index < -0.39 is 0 Å². The molecule has 0 bridgehead atoms. The third-order valence-corrected chi connectivity index (χ3v) is 7.57. The molecule has 1 atom stereocenters. The first kappa shape index (κ1) is 25.6. The summed E-state index contributed by atoms with van der Waals surface area (Å²) >= 11 is 3.45. The molecule has 0 fully saturated rings. The Morgan fingerprint density at radius 2 is 1.73 bits per heavy atom. The van der Waals surface area contributed by atoms with Crippen LogP contribution in [0.25, 0.3) is 33.4 Å². The fraction of sp³-hybridized carbons (Fsp3) is 0.129. The molecule has 0 aliphatic rings. The van der Waals surface area contributed by atoms with Gasteiger partial charge in [0.1, 0.15) is 0 Å². The highest BCUT2D eigenvalue weighted by atomic mass is 79.9. The quantitative estimate of drug-likeness (QED) is 0.221. The number of hydrogen-bond donors (Lipinski definition) is 2. The highest BCUT2D eigenvalue weighted by Gasteiger charge is 2.15. The number of carbonyl (C=O) groups is 1. The molecule has 0 spiro atoms. The van der Waals surface area contributed by atoms with Crippen molar-refractivity contribution in [3.63, 3.8) is 0 Å². The van der Waals surface area contributed by atoms with E-state index in [1.54, 1.807) is 0 Å². The van der Waals surface area contributed by atoms with E-state index in [4.69, 9.17) is 5.10 Å². The molecule has 8 nitrogen and oxygen atoms in total. The summed E-state index contributed by atoms with van der Waals surface area (Å²) in [5.41, 5.74) is 7.73. The van der Waals surface area contributed by atoms with Crippen LogP contribution in [0.15, 0.2) is 95.5 Å². The fourth-order valence-corrected chi connectivity index (χ4v) is 5.16. The molecule has 0 aliphatic carbocycles. The largest absolute Gasteiger partial charge is 0.346 e. The second-order valence-corrected chi connectivity index (χ2v) is 10.6. The normalized spacial score (nSPS) is 12.0. The zero-order chi connectivity index (χ0) is 27.6. The van der Waals surface area contributed by atoms with Gasteiger partial charge in [0, 0.05) is 21.0 Å². The Hall–Kier alpha value is -4.63. The predicted octanol–water partition coefficient (Wildman–Crippen LogP) is 6.49. The third kappa shape index (κ3) is 5.15. The van der Waals surface area contributed by atoms with Crippen molar-refractivity contribution in [2.24, 2.45) is 0 Å². The number of carbonyl (C=O) groups excluding carboxylic acids is 1. The van der Waals surface area contributed by atoms with Gasteiger partial charge in [-0.15, -0.1) is 5.10 Å². The molecule has 0 saturated carbocycles. The second kappa shape index (κ2) is 10.9. The van der Waals surface area contributed by atoms with Crippen LogP contribution in [0.2, 0.25) is 0 Å². The van der Waals surface area contributed by atoms with Gasteiger partial charge in [0.25, 0.3) is 5.91 Å². The minimum Gasteiger partial charge on any atom is -0.346 e. The number of tetrazole rings is 1. The van der Waals surface area contributed by atoms with E-state index in [9.17, 15) is 4.79 Å². The molecule has 2 N–H and O–H groups in total. The van der Waals surface area contributed by atoms with E-state index in [-0.39, 0.29) is 11.9 Å². The summed E-state index contributed by atoms with van der Waals surface area (Å²) in [4.78, 5) is 13.0. The smallest absolute Gasteiger partial charge is 0.251 e. The molecule has 0 aliphatic heterocycles. The van der Waals surface area contributed by atoms with Crippen LogP contribution in [0.1, 0.15) is 40.1 Å². The van der Waals surface area contributed by atoms with Crippen LogP contribution in [0.3, 0.4) is 0 Å². The van der Waals surface area contributed by atoms with Crippen molar-refractivity contribution in [1.29, 1.82) is 0 Å². The van der Waals surface area contributed by atoms with E-state index in [1.165, 1.54) is 0 Å². The molecule has 0 radical (unpaired) electrons. The maximum atomic E-state index is 13.0. The van der Waals surface area contributed by atoms with Gasteiger partial charge in [-0.3, -0.25) is 9.48 Å². The summed E-state index contributed by atoms with van der Waals surface area (Å²) in [7, 11) is 0. The van der Waals surface area contributed by atoms with E-state index in [0.29, 0.717) is 17.9 Å². The number of aryl methyl sites for hydroxylation is 1. The maximum absolute atomic E-state index is 13.0. The number of benzene rings is 4. The molecule has 6 rings (SSSR count). The van der Waals surface area contributed by atoms with Gasteiger partial charge in [-0.2, -0.15) is 5.10 Å². The number of halogens is 1. The first-order chi connectivity index (χ1) is 19.5. The molecule has 198 valence electrons. The lowest BCUT2D eigenvalue weighted by molar-refractivity contribution is 0.0940. The summed E-state index contributed by atoms with van der Waals surface area (Å²) in [6.45, 7) is 4.58. The van der Waals surface area contributed by atoms with Crippen LogP contribution in [0, 0.1) is 6.92 Å². The van der Waals surface area contributed by atoms with E-state index in [1.807, 2.05) is 79.2 Å². The van der Waals surface area contributed by atoms with Gasteiger partial charge in [-0.05, 0) is 76.9 Å². The Balaban J connectivity index is 1.20. The summed E-state index contributed by atoms with van der Waals surface area (Å²) in [5.74, 6) is 0.524. The van der Waals surface area contributed by atoms with Crippen LogP contribution in [0.5, 0.6) is 0 Å². The molecular weight excluding hydrogens is 566 g/mol. The highest BCUT2D eigenvalue weighted by Crippen LogP contribution is 2.30. The summed E-state index contributed by atoms with van der Waals surface area (Å²) in [5, 5.41) is 23.2. The number of aromatic nitrogens is 6. The monoisotopic (exact) mass is 591 g/mol. The van der Waals surface area contributed by atoms with Crippen molar-refractivity contribution in [2.45, 2.75) is 26.4 Å². The van der Waals surface area contributed by atoms with E-state index in [0.717, 1.165) is 48.9 Å². The maximum Gasteiger partial charge on any atom is 0.251 e. The van der Waals surface area contributed by atoms with Crippen molar-refractivity contribution >= 4 is 32.7 Å². The third-order valence-electron chi connectivity index (χ3n) is 7.04. The van der Waals surface area contributed by atoms with E-state index >= 15 is 0 Å². The molecule has 4 aromatic carbocycles. The van der Waals surface area contributed by atoms with Gasteiger partial charge in [0.2, 0.25) is 0 Å². The van der Waals surface area contributed by atoms with Crippen LogP contribution < -0.4 is 5.32 Å². The molecule has 0 unspecified atom stereocenters. The summed E-state index contributed by atoms with van der Waals surface area (Å²) < 4.78 is 2.99. The molecule has 2 heterocycles. The van der Waals surface area contributed by atoms with Crippen LogP contribution in [-0.2, 0) is 6.54 Å². The van der Waals surface area contributed by atoms with Crippen molar-refractivity contribution < 1.29 is 4.79 Å². The van der Waals surface area contributed by atoms with Crippen molar-refractivity contribution in [2.75, 3.05) is 0 Å². The van der Waals surface area contributed by atoms with Gasteiger partial charge in [0.05, 0.1) is 23.8 Å². The average Bonchev–Trinajstić information content (AvgIpc) is 3.62. The van der Waals surface area contributed by atoms with Crippen molar-refractivity contribution in [1.82, 2.24) is 35.7 Å². The number of fused-ring (bicyclic) bond motifs is 1. The lowest BCUT2D eigenvalue weighted by atomic mass is 9.98. The van der Waals surface area contributed by atoms with Gasteiger partial charge >= 0.3 is 0 Å². The van der Waals surface area contributed by atoms with Gasteiger partial charge in [0.15, 0.2) is 5.82 Å². The molecule has 2 aromatic heterocycles. The number of nitrogens with zero attached hydrogens (tertiary/aromatic N) is 5. The highest BCUT2D eigenvalue weighted by molar-refractivity contribution is 9.10. The lowest BCUT2D eigenvalue weighted by Crippen LogP contribution is -2.26. The first-order valence-corrected chi connectivity index (χ1v) is 13.7. The van der Waals surface area contributed by atoms with Crippen LogP contribution in [-0.4, -0.2) is 36.3 Å². The van der Waals surface area contributed by atoms with Crippen molar-refractivity contribution in [3.05, 3.63) is 118 Å². The molecule has 9 heteroatoms. The number of nitrogens with one attached hydrogen (secondary N) is 2. The van der Waals surface area contributed by atoms with Gasteiger partial charge in [-0.1, -0.05) is 76.6 Å². The predicted molar refractivity (Wildman–Crippen MR) is 159 cm³/mol. The second-order valence-electron chi connectivity index (χ2n) is 9.71. The first-order valence-electron chi connectivity index (χ1n) is 12.9. The Kier molecular flexibility index (Phi) is 6.96. The molecule has 1 amide bonds. The van der Waals surface area contributed by atoms with Crippen LogP contribution >= 0.6 is 15.9 Å².